The SMILES string of the molecule is O=C1CC(C(=O)c2ccc(Br)cc2)CCc2ccccc21. The number of benzene rings is 2. The summed E-state index contributed by atoms with van der Waals surface area (Å²) in [4.78, 5) is 24.9. The molecule has 0 bridgehead atoms. The molecule has 1 atom stereocenters. The van der Waals surface area contributed by atoms with E-state index in [4.69, 9.17) is 0 Å². The van der Waals surface area contributed by atoms with Crippen LogP contribution in [0.5, 0.6) is 0 Å². The maximum Gasteiger partial charge on any atom is 0.166 e. The van der Waals surface area contributed by atoms with E-state index in [0.717, 1.165) is 28.4 Å². The zero-order valence-electron chi connectivity index (χ0n) is 11.5. The lowest BCUT2D eigenvalue weighted by molar-refractivity contribution is 0.0851. The second kappa shape index (κ2) is 5.94. The molecule has 106 valence electrons. The van der Waals surface area contributed by atoms with Gasteiger partial charge in [-0.15, -0.1) is 0 Å². The normalized spacial score (nSPS) is 18.0. The Morgan fingerprint density at radius 1 is 1.05 bits per heavy atom. The van der Waals surface area contributed by atoms with Gasteiger partial charge in [-0.1, -0.05) is 52.3 Å². The molecule has 2 aromatic carbocycles. The Bertz CT molecular complexity index is 689. The highest BCUT2D eigenvalue weighted by molar-refractivity contribution is 9.10. The summed E-state index contributed by atoms with van der Waals surface area (Å²) in [6, 6.07) is 15.0. The summed E-state index contributed by atoms with van der Waals surface area (Å²) >= 11 is 3.37. The lowest BCUT2D eigenvalue weighted by Crippen LogP contribution is -2.17. The van der Waals surface area contributed by atoms with Crippen LogP contribution in [0.15, 0.2) is 53.0 Å². The van der Waals surface area contributed by atoms with Gasteiger partial charge in [0.05, 0.1) is 0 Å². The molecule has 21 heavy (non-hydrogen) atoms. The largest absolute Gasteiger partial charge is 0.294 e. The minimum atomic E-state index is -0.217. The van der Waals surface area contributed by atoms with Crippen molar-refractivity contribution in [1.82, 2.24) is 0 Å². The van der Waals surface area contributed by atoms with Crippen LogP contribution in [0.1, 0.15) is 39.1 Å². The maximum absolute atomic E-state index is 12.6. The molecule has 0 aliphatic heterocycles. The lowest BCUT2D eigenvalue weighted by Gasteiger charge is -2.12. The monoisotopic (exact) mass is 342 g/mol. The molecule has 0 heterocycles. The summed E-state index contributed by atoms with van der Waals surface area (Å²) in [6.45, 7) is 0. The molecule has 2 nitrogen and oxygen atoms in total. The van der Waals surface area contributed by atoms with Gasteiger partial charge in [-0.3, -0.25) is 9.59 Å². The molecule has 0 fully saturated rings. The second-order valence-corrected chi connectivity index (χ2v) is 6.31. The minimum absolute atomic E-state index is 0.0728. The van der Waals surface area contributed by atoms with Gasteiger partial charge in [-0.25, -0.2) is 0 Å². The summed E-state index contributed by atoms with van der Waals surface area (Å²) < 4.78 is 0.948. The van der Waals surface area contributed by atoms with E-state index in [1.54, 1.807) is 0 Å². The maximum atomic E-state index is 12.6. The van der Waals surface area contributed by atoms with Gasteiger partial charge in [0.2, 0.25) is 0 Å². The van der Waals surface area contributed by atoms with E-state index in [-0.39, 0.29) is 17.5 Å². The third-order valence-corrected chi connectivity index (χ3v) is 4.54. The number of carbonyl (C=O) groups excluding carboxylic acids is 2. The van der Waals surface area contributed by atoms with Crippen LogP contribution in [-0.2, 0) is 6.42 Å². The fourth-order valence-electron chi connectivity index (χ4n) is 2.85. The van der Waals surface area contributed by atoms with Gasteiger partial charge in [0, 0.05) is 27.9 Å². The molecule has 0 saturated heterocycles. The van der Waals surface area contributed by atoms with Crippen molar-refractivity contribution in [3.05, 3.63) is 69.7 Å². The Hall–Kier alpha value is -1.74. The average Bonchev–Trinajstić information content (AvgIpc) is 2.67. The summed E-state index contributed by atoms with van der Waals surface area (Å²) in [5, 5.41) is 0. The number of ketones is 2. The quantitative estimate of drug-likeness (QED) is 0.596. The number of halogens is 1. The minimum Gasteiger partial charge on any atom is -0.294 e. The molecule has 0 aromatic heterocycles. The first-order chi connectivity index (χ1) is 10.1. The van der Waals surface area contributed by atoms with Gasteiger partial charge < -0.3 is 0 Å². The third kappa shape index (κ3) is 2.98. The smallest absolute Gasteiger partial charge is 0.166 e. The fourth-order valence-corrected chi connectivity index (χ4v) is 3.11. The molecule has 0 spiro atoms. The van der Waals surface area contributed by atoms with Crippen molar-refractivity contribution < 1.29 is 9.59 Å². The van der Waals surface area contributed by atoms with E-state index >= 15 is 0 Å². The van der Waals surface area contributed by atoms with Crippen LogP contribution < -0.4 is 0 Å². The highest BCUT2D eigenvalue weighted by Crippen LogP contribution is 2.27. The van der Waals surface area contributed by atoms with Crippen LogP contribution in [0.2, 0.25) is 0 Å². The van der Waals surface area contributed by atoms with E-state index in [1.165, 1.54) is 0 Å². The van der Waals surface area contributed by atoms with Gasteiger partial charge in [0.15, 0.2) is 11.6 Å². The van der Waals surface area contributed by atoms with E-state index in [2.05, 4.69) is 15.9 Å². The topological polar surface area (TPSA) is 34.1 Å². The van der Waals surface area contributed by atoms with Gasteiger partial charge in [0.1, 0.15) is 0 Å². The van der Waals surface area contributed by atoms with Crippen molar-refractivity contribution in [2.24, 2.45) is 5.92 Å². The van der Waals surface area contributed by atoms with E-state index < -0.39 is 0 Å². The standard InChI is InChI=1S/C18H15BrO2/c19-15-9-7-13(8-10-15)18(21)14-6-5-12-3-1-2-4-16(12)17(20)11-14/h1-4,7-10,14H,5-6,11H2. The van der Waals surface area contributed by atoms with Crippen molar-refractivity contribution in [2.45, 2.75) is 19.3 Å². The highest BCUT2D eigenvalue weighted by atomic mass is 79.9. The molecule has 0 amide bonds. The summed E-state index contributed by atoms with van der Waals surface area (Å²) in [6.07, 6.45) is 1.83. The van der Waals surface area contributed by atoms with Crippen LogP contribution in [0.4, 0.5) is 0 Å². The van der Waals surface area contributed by atoms with Crippen LogP contribution in [0, 0.1) is 5.92 Å². The molecule has 2 aromatic rings. The van der Waals surface area contributed by atoms with E-state index in [0.29, 0.717) is 12.0 Å². The van der Waals surface area contributed by atoms with E-state index in [9.17, 15) is 9.59 Å². The summed E-state index contributed by atoms with van der Waals surface area (Å²) in [5.74, 6) is -0.0618. The molecule has 1 aliphatic carbocycles. The van der Waals surface area contributed by atoms with Gasteiger partial charge >= 0.3 is 0 Å². The Kier molecular flexibility index (Phi) is 4.02. The average molecular weight is 343 g/mol. The first-order valence-electron chi connectivity index (χ1n) is 7.06. The van der Waals surface area contributed by atoms with E-state index in [1.807, 2.05) is 48.5 Å². The zero-order chi connectivity index (χ0) is 14.8. The second-order valence-electron chi connectivity index (χ2n) is 5.39. The van der Waals surface area contributed by atoms with Crippen molar-refractivity contribution in [3.8, 4) is 0 Å². The number of Topliss-reactive ketones (excluding diaryl/α,β-unsaturated/α-hetero) is 2. The number of rotatable bonds is 2. The molecule has 1 aliphatic rings. The zero-order valence-corrected chi connectivity index (χ0v) is 13.1. The molecular formula is C18H15BrO2. The first-order valence-corrected chi connectivity index (χ1v) is 7.85. The van der Waals surface area contributed by atoms with Crippen LogP contribution in [-0.4, -0.2) is 11.6 Å². The van der Waals surface area contributed by atoms with Gasteiger partial charge in [-0.05, 0) is 30.5 Å². The third-order valence-electron chi connectivity index (χ3n) is 4.01. The molecule has 0 N–H and O–H groups in total. The number of fused-ring (bicyclic) bond motifs is 1. The Labute approximate surface area is 132 Å². The van der Waals surface area contributed by atoms with Gasteiger partial charge in [-0.2, -0.15) is 0 Å². The Morgan fingerprint density at radius 2 is 1.76 bits per heavy atom. The Balaban J connectivity index is 1.84. The number of hydrogen-bond acceptors (Lipinski definition) is 2. The fraction of sp³-hybridized carbons (Fsp3) is 0.222. The predicted molar refractivity (Wildman–Crippen MR) is 85.7 cm³/mol. The number of carbonyl (C=O) groups is 2. The number of hydrogen-bond donors (Lipinski definition) is 0. The molecule has 3 heteroatoms. The van der Waals surface area contributed by atoms with Crippen molar-refractivity contribution >= 4 is 27.5 Å². The molecule has 0 radical (unpaired) electrons. The highest BCUT2D eigenvalue weighted by Gasteiger charge is 2.27. The van der Waals surface area contributed by atoms with Crippen molar-refractivity contribution in [3.63, 3.8) is 0 Å². The van der Waals surface area contributed by atoms with Crippen LogP contribution in [0.25, 0.3) is 0 Å². The molecule has 1 unspecified atom stereocenters. The van der Waals surface area contributed by atoms with Crippen LogP contribution in [0.3, 0.4) is 0 Å². The van der Waals surface area contributed by atoms with Crippen molar-refractivity contribution in [2.75, 3.05) is 0 Å². The first kappa shape index (κ1) is 14.2. The van der Waals surface area contributed by atoms with Gasteiger partial charge in [0.25, 0.3) is 0 Å². The lowest BCUT2D eigenvalue weighted by atomic mass is 9.90. The predicted octanol–water partition coefficient (Wildman–Crippen LogP) is 4.47. The summed E-state index contributed by atoms with van der Waals surface area (Å²) in [5.41, 5.74) is 2.53. The Morgan fingerprint density at radius 3 is 2.52 bits per heavy atom. The molecule has 3 rings (SSSR count). The van der Waals surface area contributed by atoms with Crippen LogP contribution >= 0.6 is 15.9 Å². The molecular weight excluding hydrogens is 328 g/mol. The summed E-state index contributed by atoms with van der Waals surface area (Å²) in [7, 11) is 0. The number of aryl methyl sites for hydroxylation is 1. The van der Waals surface area contributed by atoms with Crippen molar-refractivity contribution in [1.29, 1.82) is 0 Å². The molecule has 0 saturated carbocycles.